The molecule has 0 heterocycles. The van der Waals surface area contributed by atoms with E-state index < -0.39 is 0 Å². The zero-order chi connectivity index (χ0) is 9.28. The molecule has 0 unspecified atom stereocenters. The quantitative estimate of drug-likeness (QED) is 0.431. The summed E-state index contributed by atoms with van der Waals surface area (Å²) in [5.74, 6) is -0.157. The molecule has 0 aromatic heterocycles. The van der Waals surface area contributed by atoms with E-state index >= 15 is 0 Å². The largest absolute Gasteiger partial charge is 0.469 e. The molecule has 0 fully saturated rings. The van der Waals surface area contributed by atoms with Crippen molar-refractivity contribution in [3.63, 3.8) is 0 Å². The minimum absolute atomic E-state index is 0.157. The van der Waals surface area contributed by atoms with Crippen molar-refractivity contribution in [2.75, 3.05) is 21.2 Å². The van der Waals surface area contributed by atoms with Crippen molar-refractivity contribution in [3.05, 3.63) is 0 Å². The van der Waals surface area contributed by atoms with Crippen LogP contribution >= 0.6 is 0 Å². The zero-order valence-corrected chi connectivity index (χ0v) is 7.46. The van der Waals surface area contributed by atoms with Gasteiger partial charge in [-0.05, 0) is 0 Å². The summed E-state index contributed by atoms with van der Waals surface area (Å²) in [6.07, 6.45) is 1.22. The van der Waals surface area contributed by atoms with Crippen molar-refractivity contribution in [1.29, 1.82) is 0 Å². The lowest BCUT2D eigenvalue weighted by Gasteiger charge is -1.93. The van der Waals surface area contributed by atoms with Gasteiger partial charge in [0.05, 0.1) is 7.11 Å². The molecule has 4 nitrogen and oxygen atoms in total. The van der Waals surface area contributed by atoms with Crippen LogP contribution in [-0.4, -0.2) is 38.5 Å². The highest BCUT2D eigenvalue weighted by atomic mass is 16.5. The topological polar surface area (TPSA) is 46.6 Å². The van der Waals surface area contributed by atoms with Crippen LogP contribution in [0.5, 0.6) is 0 Å². The van der Waals surface area contributed by atoms with Gasteiger partial charge in [-0.1, -0.05) is 6.92 Å². The Morgan fingerprint density at radius 1 is 1.55 bits per heavy atom. The number of esters is 1. The van der Waals surface area contributed by atoms with E-state index in [2.05, 4.69) is 4.74 Å². The molecule has 0 saturated heterocycles. The Bertz CT molecular complexity index is 106. The van der Waals surface area contributed by atoms with Crippen molar-refractivity contribution in [1.82, 2.24) is 4.90 Å². The number of carbonyl (C=O) groups is 2. The van der Waals surface area contributed by atoms with Crippen LogP contribution in [0.1, 0.15) is 13.3 Å². The number of hydrogen-bond donors (Lipinski definition) is 0. The summed E-state index contributed by atoms with van der Waals surface area (Å²) in [7, 11) is 4.76. The molecule has 4 heteroatoms. The Morgan fingerprint density at radius 2 is 1.91 bits per heavy atom. The van der Waals surface area contributed by atoms with Crippen molar-refractivity contribution >= 4 is 12.4 Å². The third kappa shape index (κ3) is 17.6. The second kappa shape index (κ2) is 8.94. The van der Waals surface area contributed by atoms with E-state index in [0.29, 0.717) is 6.42 Å². The van der Waals surface area contributed by atoms with Crippen LogP contribution in [0, 0.1) is 0 Å². The zero-order valence-electron chi connectivity index (χ0n) is 7.46. The van der Waals surface area contributed by atoms with E-state index in [0.717, 1.165) is 6.41 Å². The van der Waals surface area contributed by atoms with Gasteiger partial charge in [-0.15, -0.1) is 0 Å². The Hall–Kier alpha value is -1.06. The third-order valence-corrected chi connectivity index (χ3v) is 0.727. The van der Waals surface area contributed by atoms with E-state index in [1.165, 1.54) is 12.0 Å². The highest BCUT2D eigenvalue weighted by Crippen LogP contribution is 1.76. The molecule has 0 saturated carbocycles. The van der Waals surface area contributed by atoms with Crippen molar-refractivity contribution in [3.8, 4) is 0 Å². The number of hydrogen-bond acceptors (Lipinski definition) is 3. The molecule has 0 atom stereocenters. The molecule has 0 N–H and O–H groups in total. The fraction of sp³-hybridized carbons (Fsp3) is 0.714. The number of amides is 1. The number of rotatable bonds is 2. The van der Waals surface area contributed by atoms with Crippen LogP contribution in [-0.2, 0) is 14.3 Å². The van der Waals surface area contributed by atoms with Crippen molar-refractivity contribution in [2.45, 2.75) is 13.3 Å². The van der Waals surface area contributed by atoms with Crippen LogP contribution in [0.2, 0.25) is 0 Å². The lowest BCUT2D eigenvalue weighted by molar-refractivity contribution is -0.140. The second-order valence-corrected chi connectivity index (χ2v) is 2.00. The highest BCUT2D eigenvalue weighted by molar-refractivity contribution is 5.68. The van der Waals surface area contributed by atoms with Gasteiger partial charge in [0.2, 0.25) is 6.41 Å². The van der Waals surface area contributed by atoms with Crippen molar-refractivity contribution < 1.29 is 14.3 Å². The van der Waals surface area contributed by atoms with E-state index in [1.54, 1.807) is 21.0 Å². The number of methoxy groups -OCH3 is 1. The Balaban J connectivity index is 0. The molecule has 0 aliphatic heterocycles. The summed E-state index contributed by atoms with van der Waals surface area (Å²) in [5, 5.41) is 0. The van der Waals surface area contributed by atoms with Crippen LogP contribution in [0.4, 0.5) is 0 Å². The van der Waals surface area contributed by atoms with Crippen LogP contribution in [0.25, 0.3) is 0 Å². The van der Waals surface area contributed by atoms with E-state index in [1.807, 2.05) is 0 Å². The standard InChI is InChI=1S/C4H8O2.C3H7NO/c1-3-4(5)6-2;1-4(2)3-5/h3H2,1-2H3;3H,1-2H3. The van der Waals surface area contributed by atoms with Crippen LogP contribution in [0.3, 0.4) is 0 Å². The predicted molar refractivity (Wildman–Crippen MR) is 42.1 cm³/mol. The molecule has 0 aromatic rings. The average Bonchev–Trinajstić information content (AvgIpc) is 2.04. The van der Waals surface area contributed by atoms with Gasteiger partial charge in [0, 0.05) is 20.5 Å². The lowest BCUT2D eigenvalue weighted by atomic mass is 10.5. The van der Waals surface area contributed by atoms with E-state index in [9.17, 15) is 9.59 Å². The molecule has 0 spiro atoms. The maximum atomic E-state index is 9.96. The Morgan fingerprint density at radius 3 is 1.91 bits per heavy atom. The molecule has 0 radical (unpaired) electrons. The molecule has 0 rings (SSSR count). The minimum atomic E-state index is -0.157. The van der Waals surface area contributed by atoms with Gasteiger partial charge < -0.3 is 9.64 Å². The number of ether oxygens (including phenoxy) is 1. The molecule has 11 heavy (non-hydrogen) atoms. The summed E-state index contributed by atoms with van der Waals surface area (Å²) in [6, 6.07) is 0. The fourth-order valence-electron chi connectivity index (χ4n) is 0.144. The van der Waals surface area contributed by atoms with Crippen LogP contribution in [0.15, 0.2) is 0 Å². The van der Waals surface area contributed by atoms with E-state index in [-0.39, 0.29) is 5.97 Å². The Labute approximate surface area is 67.1 Å². The number of nitrogens with zero attached hydrogens (tertiary/aromatic N) is 1. The highest BCUT2D eigenvalue weighted by Gasteiger charge is 1.87. The average molecular weight is 161 g/mol. The molecule has 0 bridgehead atoms. The first-order valence-corrected chi connectivity index (χ1v) is 3.27. The Kier molecular flexibility index (Phi) is 10.2. The van der Waals surface area contributed by atoms with Gasteiger partial charge in [-0.25, -0.2) is 0 Å². The first-order chi connectivity index (χ1) is 5.08. The van der Waals surface area contributed by atoms with Gasteiger partial charge in [-0.3, -0.25) is 9.59 Å². The predicted octanol–water partition coefficient (Wildman–Crippen LogP) is 0.274. The molecular weight excluding hydrogens is 146 g/mol. The van der Waals surface area contributed by atoms with Gasteiger partial charge >= 0.3 is 5.97 Å². The SMILES string of the molecule is CCC(=O)OC.CN(C)C=O. The minimum Gasteiger partial charge on any atom is -0.469 e. The summed E-state index contributed by atoms with van der Waals surface area (Å²) in [6.45, 7) is 1.76. The molecular formula is C7H15NO3. The molecule has 66 valence electrons. The molecule has 0 aliphatic carbocycles. The normalized spacial score (nSPS) is 7.27. The smallest absolute Gasteiger partial charge is 0.305 e. The summed E-state index contributed by atoms with van der Waals surface area (Å²) >= 11 is 0. The third-order valence-electron chi connectivity index (χ3n) is 0.727. The second-order valence-electron chi connectivity index (χ2n) is 2.00. The molecule has 1 amide bonds. The lowest BCUT2D eigenvalue weighted by Crippen LogP contribution is -2.06. The summed E-state index contributed by atoms with van der Waals surface area (Å²) in [5.41, 5.74) is 0. The first-order valence-electron chi connectivity index (χ1n) is 3.27. The van der Waals surface area contributed by atoms with Gasteiger partial charge in [-0.2, -0.15) is 0 Å². The maximum Gasteiger partial charge on any atom is 0.305 e. The summed E-state index contributed by atoms with van der Waals surface area (Å²) in [4.78, 5) is 20.8. The van der Waals surface area contributed by atoms with Gasteiger partial charge in [0.25, 0.3) is 0 Å². The fourth-order valence-corrected chi connectivity index (χ4v) is 0.144. The first kappa shape index (κ1) is 12.6. The molecule has 0 aromatic carbocycles. The number of carbonyl (C=O) groups excluding carboxylic acids is 2. The van der Waals surface area contributed by atoms with Gasteiger partial charge in [0.15, 0.2) is 0 Å². The summed E-state index contributed by atoms with van der Waals surface area (Å²) < 4.78 is 4.26. The molecule has 0 aliphatic rings. The van der Waals surface area contributed by atoms with E-state index in [4.69, 9.17) is 0 Å². The monoisotopic (exact) mass is 161 g/mol. The van der Waals surface area contributed by atoms with Gasteiger partial charge in [0.1, 0.15) is 0 Å². The van der Waals surface area contributed by atoms with Crippen molar-refractivity contribution in [2.24, 2.45) is 0 Å². The van der Waals surface area contributed by atoms with Crippen LogP contribution < -0.4 is 0 Å². The maximum absolute atomic E-state index is 9.96.